The molecule has 6 nitrogen and oxygen atoms in total. The highest BCUT2D eigenvalue weighted by Crippen LogP contribution is 2.30. The predicted molar refractivity (Wildman–Crippen MR) is 117 cm³/mol. The Morgan fingerprint density at radius 1 is 1.14 bits per heavy atom. The van der Waals surface area contributed by atoms with Crippen molar-refractivity contribution in [3.05, 3.63) is 71.3 Å². The van der Waals surface area contributed by atoms with Crippen LogP contribution in [0.4, 0.5) is 0 Å². The second kappa shape index (κ2) is 8.05. The van der Waals surface area contributed by atoms with E-state index in [0.29, 0.717) is 11.8 Å². The Balaban J connectivity index is 1.49. The van der Waals surface area contributed by atoms with Gasteiger partial charge in [0.05, 0.1) is 5.57 Å². The molecule has 2 aliphatic rings. The molecule has 2 aromatic rings. The number of benzene rings is 2. The average molecular weight is 404 g/mol. The van der Waals surface area contributed by atoms with Gasteiger partial charge in [-0.05, 0) is 41.1 Å². The summed E-state index contributed by atoms with van der Waals surface area (Å²) in [5.74, 6) is 0.585. The number of hydrazone groups is 1. The fourth-order valence-corrected chi connectivity index (χ4v) is 3.70. The minimum atomic E-state index is -0.418. The van der Waals surface area contributed by atoms with E-state index in [4.69, 9.17) is 10.1 Å². The predicted octanol–water partition coefficient (Wildman–Crippen LogP) is 4.54. The molecule has 0 unspecified atom stereocenters. The van der Waals surface area contributed by atoms with Crippen LogP contribution < -0.4 is 4.74 Å². The zero-order valence-electron chi connectivity index (χ0n) is 16.1. The third-order valence-electron chi connectivity index (χ3n) is 4.40. The number of thioether (sulfide) groups is 1. The number of amides is 1. The molecule has 2 heterocycles. The lowest BCUT2D eigenvalue weighted by Gasteiger charge is -2.20. The van der Waals surface area contributed by atoms with Gasteiger partial charge in [-0.1, -0.05) is 56.3 Å². The number of aliphatic imine (C=N–C) groups is 1. The van der Waals surface area contributed by atoms with Gasteiger partial charge in [0, 0.05) is 5.92 Å². The quantitative estimate of drug-likeness (QED) is 0.742. The molecule has 2 aliphatic heterocycles. The Morgan fingerprint density at radius 2 is 1.86 bits per heavy atom. The van der Waals surface area contributed by atoms with Crippen molar-refractivity contribution in [1.29, 1.82) is 5.41 Å². The molecule has 0 fully saturated rings. The number of carbonyl (C=O) groups excluding carboxylic acids is 1. The maximum atomic E-state index is 12.4. The van der Waals surface area contributed by atoms with Gasteiger partial charge >= 0.3 is 0 Å². The van der Waals surface area contributed by atoms with Crippen molar-refractivity contribution in [2.75, 3.05) is 0 Å². The van der Waals surface area contributed by atoms with E-state index in [0.717, 1.165) is 21.9 Å². The Bertz CT molecular complexity index is 1040. The van der Waals surface area contributed by atoms with Crippen LogP contribution in [-0.2, 0) is 11.4 Å². The van der Waals surface area contributed by atoms with Crippen molar-refractivity contribution in [2.24, 2.45) is 16.0 Å². The number of nitrogens with one attached hydrogen (secondary N) is 1. The summed E-state index contributed by atoms with van der Waals surface area (Å²) >= 11 is 1.34. The van der Waals surface area contributed by atoms with Crippen molar-refractivity contribution >= 4 is 39.8 Å². The number of hydrogen-bond donors (Lipinski definition) is 1. The highest BCUT2D eigenvalue weighted by atomic mass is 32.2. The van der Waals surface area contributed by atoms with Crippen molar-refractivity contribution in [3.63, 3.8) is 0 Å². The van der Waals surface area contributed by atoms with E-state index in [1.807, 2.05) is 68.4 Å². The number of rotatable bonds is 5. The first-order valence-electron chi connectivity index (χ1n) is 9.28. The summed E-state index contributed by atoms with van der Waals surface area (Å²) < 4.78 is 5.79. The van der Waals surface area contributed by atoms with Gasteiger partial charge in [-0.25, -0.2) is 0 Å². The molecule has 0 aliphatic carbocycles. The molecular weight excluding hydrogens is 384 g/mol. The SMILES string of the molecule is CC(C)C1=NN2C(=N)/C(=C/c3ccc(OCc4ccccc4)cc3)C(=O)N=C2S1. The lowest BCUT2D eigenvalue weighted by Crippen LogP contribution is -2.35. The molecule has 29 heavy (non-hydrogen) atoms. The summed E-state index contributed by atoms with van der Waals surface area (Å²) in [4.78, 5) is 16.5. The first kappa shape index (κ1) is 19.1. The maximum absolute atomic E-state index is 12.4. The molecule has 0 bridgehead atoms. The number of ether oxygens (including phenoxy) is 1. The monoisotopic (exact) mass is 404 g/mol. The number of carbonyl (C=O) groups is 1. The topological polar surface area (TPSA) is 78.1 Å². The standard InChI is InChI=1S/C22H20N4O2S/c1-14(2)21-25-26-19(23)18(20(27)24-22(26)29-21)12-15-8-10-17(11-9-15)28-13-16-6-4-3-5-7-16/h3-12,14,23H,13H2,1-2H3/b18-12-,23-19?. The van der Waals surface area contributed by atoms with Gasteiger partial charge in [-0.3, -0.25) is 10.2 Å². The molecule has 2 aromatic carbocycles. The molecule has 4 rings (SSSR count). The first-order chi connectivity index (χ1) is 14.0. The normalized spacial score (nSPS) is 17.5. The van der Waals surface area contributed by atoms with Crippen LogP contribution in [0, 0.1) is 11.3 Å². The molecule has 0 radical (unpaired) electrons. The summed E-state index contributed by atoms with van der Waals surface area (Å²) in [6.45, 7) is 4.54. The Hall–Kier alpha value is -3.19. The van der Waals surface area contributed by atoms with E-state index in [9.17, 15) is 4.79 Å². The molecule has 7 heteroatoms. The minimum Gasteiger partial charge on any atom is -0.489 e. The van der Waals surface area contributed by atoms with Crippen LogP contribution in [0.5, 0.6) is 5.75 Å². The highest BCUT2D eigenvalue weighted by Gasteiger charge is 2.36. The van der Waals surface area contributed by atoms with Gasteiger partial charge in [0.1, 0.15) is 17.4 Å². The van der Waals surface area contributed by atoms with Crippen LogP contribution in [0.15, 0.2) is 70.3 Å². The van der Waals surface area contributed by atoms with E-state index in [1.165, 1.54) is 16.8 Å². The Kier molecular flexibility index (Phi) is 5.31. The fourth-order valence-electron chi connectivity index (χ4n) is 2.81. The van der Waals surface area contributed by atoms with Crippen LogP contribution in [-0.4, -0.2) is 27.0 Å². The third-order valence-corrected chi connectivity index (χ3v) is 5.61. The number of nitrogens with zero attached hydrogens (tertiary/aromatic N) is 3. The van der Waals surface area contributed by atoms with Gasteiger partial charge < -0.3 is 4.74 Å². The molecule has 0 aromatic heterocycles. The Morgan fingerprint density at radius 3 is 2.55 bits per heavy atom. The van der Waals surface area contributed by atoms with Crippen molar-refractivity contribution in [1.82, 2.24) is 5.01 Å². The van der Waals surface area contributed by atoms with Gasteiger partial charge in [0.2, 0.25) is 5.17 Å². The van der Waals surface area contributed by atoms with Gasteiger partial charge in [-0.15, -0.1) is 0 Å². The average Bonchev–Trinajstić information content (AvgIpc) is 3.16. The van der Waals surface area contributed by atoms with Gasteiger partial charge in [0.15, 0.2) is 5.84 Å². The zero-order valence-corrected chi connectivity index (χ0v) is 16.9. The summed E-state index contributed by atoms with van der Waals surface area (Å²) in [6.07, 6.45) is 1.67. The summed E-state index contributed by atoms with van der Waals surface area (Å²) in [5.41, 5.74) is 2.11. The van der Waals surface area contributed by atoms with Crippen molar-refractivity contribution < 1.29 is 9.53 Å². The molecule has 0 saturated carbocycles. The molecule has 1 N–H and O–H groups in total. The highest BCUT2D eigenvalue weighted by molar-refractivity contribution is 8.27. The zero-order chi connectivity index (χ0) is 20.4. The van der Waals surface area contributed by atoms with E-state index in [2.05, 4.69) is 10.1 Å². The Labute approximate surface area is 173 Å². The van der Waals surface area contributed by atoms with Gasteiger partial charge in [0.25, 0.3) is 5.91 Å². The van der Waals surface area contributed by atoms with Crippen LogP contribution in [0.2, 0.25) is 0 Å². The van der Waals surface area contributed by atoms with Gasteiger partial charge in [-0.2, -0.15) is 15.1 Å². The number of amidine groups is 2. The molecule has 0 atom stereocenters. The fraction of sp³-hybridized carbons (Fsp3) is 0.182. The molecule has 1 amide bonds. The lowest BCUT2D eigenvalue weighted by atomic mass is 10.1. The van der Waals surface area contributed by atoms with Crippen LogP contribution in [0.25, 0.3) is 6.08 Å². The molecule has 146 valence electrons. The van der Waals surface area contributed by atoms with Crippen molar-refractivity contribution in [3.8, 4) is 5.75 Å². The van der Waals surface area contributed by atoms with Crippen LogP contribution >= 0.6 is 11.8 Å². The molecular formula is C22H20N4O2S. The number of hydrogen-bond acceptors (Lipinski definition) is 5. The van der Waals surface area contributed by atoms with E-state index in [1.54, 1.807) is 6.08 Å². The lowest BCUT2D eigenvalue weighted by molar-refractivity contribution is -0.114. The van der Waals surface area contributed by atoms with E-state index >= 15 is 0 Å². The summed E-state index contributed by atoms with van der Waals surface area (Å²) in [6, 6.07) is 17.4. The maximum Gasteiger partial charge on any atom is 0.283 e. The first-order valence-corrected chi connectivity index (χ1v) is 10.1. The van der Waals surface area contributed by atoms with Crippen LogP contribution in [0.3, 0.4) is 0 Å². The summed E-state index contributed by atoms with van der Waals surface area (Å²) in [7, 11) is 0. The smallest absolute Gasteiger partial charge is 0.283 e. The number of fused-ring (bicyclic) bond motifs is 1. The molecule has 0 spiro atoms. The largest absolute Gasteiger partial charge is 0.489 e. The summed E-state index contributed by atoms with van der Waals surface area (Å²) in [5, 5.41) is 15.6. The minimum absolute atomic E-state index is 0.0487. The molecule has 0 saturated heterocycles. The van der Waals surface area contributed by atoms with E-state index in [-0.39, 0.29) is 17.3 Å². The second-order valence-corrected chi connectivity index (χ2v) is 7.94. The second-order valence-electron chi connectivity index (χ2n) is 6.96. The van der Waals surface area contributed by atoms with Crippen LogP contribution in [0.1, 0.15) is 25.0 Å². The van der Waals surface area contributed by atoms with E-state index < -0.39 is 5.91 Å². The van der Waals surface area contributed by atoms with Crippen molar-refractivity contribution in [2.45, 2.75) is 20.5 Å². The third kappa shape index (κ3) is 4.14.